The highest BCUT2D eigenvalue weighted by molar-refractivity contribution is 6.52. The monoisotopic (exact) mass is 270 g/mol. The van der Waals surface area contributed by atoms with Crippen molar-refractivity contribution in [3.05, 3.63) is 30.0 Å². The predicted molar refractivity (Wildman–Crippen MR) is 76.2 cm³/mol. The lowest BCUT2D eigenvalue weighted by Crippen LogP contribution is -2.27. The van der Waals surface area contributed by atoms with Gasteiger partial charge < -0.3 is 19.4 Å². The number of hydrogen-bond acceptors (Lipinski definition) is 4. The van der Waals surface area contributed by atoms with Crippen molar-refractivity contribution in [2.45, 2.75) is 12.8 Å². The molecule has 0 unspecified atom stereocenters. The molecule has 1 saturated heterocycles. The van der Waals surface area contributed by atoms with Gasteiger partial charge in [0.05, 0.1) is 6.20 Å². The molecule has 5 nitrogen and oxygen atoms in total. The van der Waals surface area contributed by atoms with Gasteiger partial charge in [0.2, 0.25) is 0 Å². The number of fused-ring (bicyclic) bond motifs is 3. The molecular formula is C14H15BN2O3. The molecule has 6 heteroatoms. The Balaban J connectivity index is 1.88. The summed E-state index contributed by atoms with van der Waals surface area (Å²) in [5, 5.41) is 11.0. The maximum absolute atomic E-state index is 9.91. The van der Waals surface area contributed by atoms with Crippen LogP contribution in [0.2, 0.25) is 0 Å². The quantitative estimate of drug-likeness (QED) is 0.775. The fourth-order valence-electron chi connectivity index (χ4n) is 3.13. The van der Waals surface area contributed by atoms with Crippen molar-refractivity contribution in [2.24, 2.45) is 5.92 Å². The van der Waals surface area contributed by atoms with Crippen molar-refractivity contribution in [1.29, 1.82) is 0 Å². The Morgan fingerprint density at radius 2 is 2.20 bits per heavy atom. The van der Waals surface area contributed by atoms with Crippen LogP contribution < -0.4 is 4.65 Å². The highest BCUT2D eigenvalue weighted by Gasteiger charge is 2.31. The van der Waals surface area contributed by atoms with Crippen LogP contribution >= 0.6 is 0 Å². The van der Waals surface area contributed by atoms with E-state index in [9.17, 15) is 5.02 Å². The minimum absolute atomic E-state index is 0.404. The van der Waals surface area contributed by atoms with Crippen molar-refractivity contribution >= 4 is 23.7 Å². The molecule has 0 aromatic carbocycles. The third-order valence-corrected chi connectivity index (χ3v) is 4.07. The summed E-state index contributed by atoms with van der Waals surface area (Å²) >= 11 is 0. The SMILES string of the molecule is OB1C=C(C2CCOCC2)c2c(cnc3[nH]ccc23)O1. The fraction of sp³-hybridized carbons (Fsp3) is 0.357. The summed E-state index contributed by atoms with van der Waals surface area (Å²) in [6.45, 7) is 1.55. The molecule has 20 heavy (non-hydrogen) atoms. The number of nitrogens with one attached hydrogen (secondary N) is 1. The van der Waals surface area contributed by atoms with Gasteiger partial charge in [-0.2, -0.15) is 0 Å². The first kappa shape index (κ1) is 12.0. The zero-order chi connectivity index (χ0) is 13.5. The van der Waals surface area contributed by atoms with Gasteiger partial charge in [-0.05, 0) is 36.4 Å². The Kier molecular flexibility index (Phi) is 2.79. The number of allylic oxidation sites excluding steroid dienone is 1. The third-order valence-electron chi connectivity index (χ3n) is 4.07. The van der Waals surface area contributed by atoms with Gasteiger partial charge in [-0.3, -0.25) is 0 Å². The Bertz CT molecular complexity index is 676. The van der Waals surface area contributed by atoms with Crippen LogP contribution in [-0.4, -0.2) is 35.3 Å². The summed E-state index contributed by atoms with van der Waals surface area (Å²) in [5.41, 5.74) is 3.07. The van der Waals surface area contributed by atoms with E-state index in [2.05, 4.69) is 9.97 Å². The lowest BCUT2D eigenvalue weighted by Gasteiger charge is -2.29. The van der Waals surface area contributed by atoms with Gasteiger partial charge >= 0.3 is 7.12 Å². The van der Waals surface area contributed by atoms with Crippen LogP contribution in [0.5, 0.6) is 5.75 Å². The van der Waals surface area contributed by atoms with Crippen LogP contribution in [-0.2, 0) is 4.74 Å². The molecule has 4 rings (SSSR count). The summed E-state index contributed by atoms with van der Waals surface area (Å²) < 4.78 is 10.9. The predicted octanol–water partition coefficient (Wildman–Crippen LogP) is 1.78. The Labute approximate surface area is 116 Å². The molecule has 4 heterocycles. The lowest BCUT2D eigenvalue weighted by atomic mass is 9.75. The fourth-order valence-corrected chi connectivity index (χ4v) is 3.13. The average Bonchev–Trinajstić information content (AvgIpc) is 2.95. The zero-order valence-electron chi connectivity index (χ0n) is 11.0. The summed E-state index contributed by atoms with van der Waals surface area (Å²) in [6, 6.07) is 2.01. The van der Waals surface area contributed by atoms with Crippen LogP contribution in [0.3, 0.4) is 0 Å². The second-order valence-corrected chi connectivity index (χ2v) is 5.25. The highest BCUT2D eigenvalue weighted by atomic mass is 16.5. The molecule has 0 radical (unpaired) electrons. The minimum Gasteiger partial charge on any atom is -0.531 e. The van der Waals surface area contributed by atoms with Crippen molar-refractivity contribution in [1.82, 2.24) is 9.97 Å². The molecule has 2 aromatic heterocycles. The highest BCUT2D eigenvalue weighted by Crippen LogP contribution is 2.41. The maximum Gasteiger partial charge on any atom is 0.552 e. The number of aromatic amines is 1. The van der Waals surface area contributed by atoms with Crippen molar-refractivity contribution < 1.29 is 14.4 Å². The molecule has 0 aliphatic carbocycles. The van der Waals surface area contributed by atoms with Crippen molar-refractivity contribution in [2.75, 3.05) is 13.2 Å². The molecule has 1 fully saturated rings. The van der Waals surface area contributed by atoms with Crippen molar-refractivity contribution in [3.8, 4) is 5.75 Å². The van der Waals surface area contributed by atoms with E-state index >= 15 is 0 Å². The number of ether oxygens (including phenoxy) is 1. The molecular weight excluding hydrogens is 255 g/mol. The molecule has 0 atom stereocenters. The van der Waals surface area contributed by atoms with Crippen molar-refractivity contribution in [3.63, 3.8) is 0 Å². The molecule has 102 valence electrons. The first-order valence-corrected chi connectivity index (χ1v) is 6.93. The minimum atomic E-state index is -0.890. The second-order valence-electron chi connectivity index (χ2n) is 5.25. The van der Waals surface area contributed by atoms with Gasteiger partial charge in [0.1, 0.15) is 11.4 Å². The smallest absolute Gasteiger partial charge is 0.531 e. The number of H-pyrrole nitrogens is 1. The normalized spacial score (nSPS) is 19.6. The molecule has 2 aromatic rings. The van der Waals surface area contributed by atoms with Crippen LogP contribution in [0.15, 0.2) is 24.4 Å². The van der Waals surface area contributed by atoms with Crippen LogP contribution in [0.4, 0.5) is 0 Å². The summed E-state index contributed by atoms with van der Waals surface area (Å²) in [4.78, 5) is 7.45. The topological polar surface area (TPSA) is 67.4 Å². The number of aromatic nitrogens is 2. The molecule has 0 bridgehead atoms. The number of rotatable bonds is 1. The first-order chi connectivity index (χ1) is 9.83. The Morgan fingerprint density at radius 1 is 1.35 bits per heavy atom. The largest absolute Gasteiger partial charge is 0.552 e. The molecule has 2 N–H and O–H groups in total. The zero-order valence-corrected chi connectivity index (χ0v) is 11.0. The number of nitrogens with zero attached hydrogens (tertiary/aromatic N) is 1. The molecule has 0 spiro atoms. The van der Waals surface area contributed by atoms with E-state index in [4.69, 9.17) is 9.39 Å². The van der Waals surface area contributed by atoms with E-state index in [1.165, 1.54) is 0 Å². The van der Waals surface area contributed by atoms with Crippen LogP contribution in [0.1, 0.15) is 18.4 Å². The third kappa shape index (κ3) is 1.84. The van der Waals surface area contributed by atoms with E-state index < -0.39 is 7.12 Å². The molecule has 2 aliphatic rings. The average molecular weight is 270 g/mol. The molecule has 2 aliphatic heterocycles. The van der Waals surface area contributed by atoms with Gasteiger partial charge in [0.25, 0.3) is 0 Å². The Hall–Kier alpha value is -1.79. The van der Waals surface area contributed by atoms with Crippen LogP contribution in [0.25, 0.3) is 16.6 Å². The van der Waals surface area contributed by atoms with Gasteiger partial charge in [-0.15, -0.1) is 0 Å². The van der Waals surface area contributed by atoms with E-state index in [-0.39, 0.29) is 0 Å². The van der Waals surface area contributed by atoms with E-state index in [1.807, 2.05) is 18.2 Å². The number of hydrogen-bond donors (Lipinski definition) is 2. The summed E-state index contributed by atoms with van der Waals surface area (Å²) in [5.74, 6) is 2.89. The number of pyridine rings is 1. The first-order valence-electron chi connectivity index (χ1n) is 6.93. The van der Waals surface area contributed by atoms with Gasteiger partial charge in [-0.1, -0.05) is 0 Å². The Morgan fingerprint density at radius 3 is 3.05 bits per heavy atom. The summed E-state index contributed by atoms with van der Waals surface area (Å²) in [6.07, 6.45) is 5.52. The summed E-state index contributed by atoms with van der Waals surface area (Å²) in [7, 11) is -0.890. The molecule has 0 amide bonds. The van der Waals surface area contributed by atoms with Crippen LogP contribution in [0, 0.1) is 5.92 Å². The molecule has 0 saturated carbocycles. The standard InChI is InChI=1S/C14H15BN2O3/c18-15-7-11(9-2-5-19-6-3-9)13-10-1-4-16-14(10)17-8-12(13)20-15/h1,4,7-9,18H,2-3,5-6H2,(H,16,17). The van der Waals surface area contributed by atoms with E-state index in [0.29, 0.717) is 11.7 Å². The van der Waals surface area contributed by atoms with Gasteiger partial charge in [0, 0.05) is 30.4 Å². The lowest BCUT2D eigenvalue weighted by molar-refractivity contribution is 0.0807. The van der Waals surface area contributed by atoms with E-state index in [0.717, 1.165) is 48.2 Å². The van der Waals surface area contributed by atoms with Gasteiger partial charge in [-0.25, -0.2) is 4.98 Å². The van der Waals surface area contributed by atoms with E-state index in [1.54, 1.807) is 6.20 Å². The second kappa shape index (κ2) is 4.65. The maximum atomic E-state index is 9.91. The van der Waals surface area contributed by atoms with Gasteiger partial charge in [0.15, 0.2) is 0 Å².